The molecule has 0 spiro atoms. The minimum absolute atomic E-state index is 0.242. The topological polar surface area (TPSA) is 38.4 Å². The van der Waals surface area contributed by atoms with Gasteiger partial charge in [-0.05, 0) is 37.5 Å². The quantitative estimate of drug-likeness (QED) is 0.431. The van der Waals surface area contributed by atoms with E-state index in [0.29, 0.717) is 5.70 Å². The minimum atomic E-state index is 0.242. The van der Waals surface area contributed by atoms with Gasteiger partial charge in [-0.25, -0.2) is 0 Å². The molecule has 0 atom stereocenters. The molecule has 0 amide bonds. The number of hydrogen-bond acceptors (Lipinski definition) is 2. The summed E-state index contributed by atoms with van der Waals surface area (Å²) in [4.78, 5) is 3.68. The largest absolute Gasteiger partial charge is 0.397 e. The third-order valence-electron chi connectivity index (χ3n) is 4.25. The summed E-state index contributed by atoms with van der Waals surface area (Å²) in [6, 6.07) is 0. The average Bonchev–Trinajstić information content (AvgIpc) is 2.28. The summed E-state index contributed by atoms with van der Waals surface area (Å²) in [6.45, 7) is 19.0. The second-order valence-corrected chi connectivity index (χ2v) is 6.93. The maximum Gasteiger partial charge on any atom is 0.152 e. The molecule has 0 unspecified atom stereocenters. The molecule has 2 N–H and O–H groups in total. The SMILES string of the molecule is C=N\C=C(N)/C=C(C)/C([B]CC(C)(C)C(C)(C)C)=C\C. The predicted molar refractivity (Wildman–Crippen MR) is 93.1 cm³/mol. The van der Waals surface area contributed by atoms with Gasteiger partial charge in [-0.15, -0.1) is 0 Å². The Morgan fingerprint density at radius 2 is 1.80 bits per heavy atom. The second-order valence-electron chi connectivity index (χ2n) is 6.93. The van der Waals surface area contributed by atoms with E-state index in [1.807, 2.05) is 6.08 Å². The highest BCUT2D eigenvalue weighted by molar-refractivity contribution is 6.47. The summed E-state index contributed by atoms with van der Waals surface area (Å²) in [7, 11) is 2.30. The number of hydrogen-bond donors (Lipinski definition) is 1. The molecule has 0 aliphatic rings. The lowest BCUT2D eigenvalue weighted by Crippen LogP contribution is -2.31. The molecule has 0 aromatic carbocycles. The fourth-order valence-electron chi connectivity index (χ4n) is 1.65. The van der Waals surface area contributed by atoms with E-state index in [2.05, 4.69) is 73.5 Å². The Kier molecular flexibility index (Phi) is 7.05. The number of aliphatic imine (C=N–C) groups is 1. The van der Waals surface area contributed by atoms with Crippen molar-refractivity contribution in [2.24, 2.45) is 21.6 Å². The first-order valence-corrected chi connectivity index (χ1v) is 7.15. The molecule has 0 bridgehead atoms. The van der Waals surface area contributed by atoms with Crippen LogP contribution < -0.4 is 5.73 Å². The molecule has 0 saturated carbocycles. The number of nitrogens with zero attached hydrogens (tertiary/aromatic N) is 1. The Balaban J connectivity index is 4.92. The Hall–Kier alpha value is -1.25. The maximum absolute atomic E-state index is 5.84. The van der Waals surface area contributed by atoms with E-state index in [0.717, 1.165) is 11.9 Å². The molecule has 3 heteroatoms. The molecule has 0 aromatic heterocycles. The summed E-state index contributed by atoms with van der Waals surface area (Å²) in [5, 5.41) is 0. The molecule has 111 valence electrons. The molecular weight excluding hydrogens is 243 g/mol. The van der Waals surface area contributed by atoms with Crippen LogP contribution in [0.5, 0.6) is 0 Å². The molecular formula is C17H30BN2. The van der Waals surface area contributed by atoms with E-state index in [1.165, 1.54) is 5.47 Å². The lowest BCUT2D eigenvalue weighted by Gasteiger charge is -2.39. The normalized spacial score (nSPS) is 15.2. The van der Waals surface area contributed by atoms with E-state index >= 15 is 0 Å². The lowest BCUT2D eigenvalue weighted by atomic mass is 9.52. The first-order valence-electron chi connectivity index (χ1n) is 7.15. The standard InChI is InChI=1S/C17H30BN2/c1-9-15(13(2)10-14(19)11-20-8)18-12-17(6,7)16(3,4)5/h9-11H,8,12,19H2,1-7H3/b13-10+,14-11+,15-9+. The van der Waals surface area contributed by atoms with E-state index in [9.17, 15) is 0 Å². The Morgan fingerprint density at radius 1 is 1.25 bits per heavy atom. The Bertz CT molecular complexity index is 421. The van der Waals surface area contributed by atoms with Gasteiger partial charge in [-0.2, -0.15) is 0 Å². The van der Waals surface area contributed by atoms with E-state index < -0.39 is 0 Å². The molecule has 2 nitrogen and oxygen atoms in total. The summed E-state index contributed by atoms with van der Waals surface area (Å²) in [5.41, 5.74) is 9.35. The van der Waals surface area contributed by atoms with Crippen LogP contribution >= 0.6 is 0 Å². The van der Waals surface area contributed by atoms with E-state index in [1.54, 1.807) is 6.20 Å². The zero-order valence-electron chi connectivity index (χ0n) is 14.2. The second kappa shape index (κ2) is 7.51. The van der Waals surface area contributed by atoms with Crippen molar-refractivity contribution in [3.05, 3.63) is 35.1 Å². The van der Waals surface area contributed by atoms with E-state index in [-0.39, 0.29) is 10.8 Å². The van der Waals surface area contributed by atoms with Crippen LogP contribution in [-0.4, -0.2) is 14.0 Å². The van der Waals surface area contributed by atoms with Gasteiger partial charge in [0.1, 0.15) is 0 Å². The highest BCUT2D eigenvalue weighted by Gasteiger charge is 2.32. The van der Waals surface area contributed by atoms with Gasteiger partial charge in [0, 0.05) is 6.20 Å². The number of nitrogens with two attached hydrogens (primary N) is 1. The van der Waals surface area contributed by atoms with Crippen molar-refractivity contribution in [2.75, 3.05) is 0 Å². The molecule has 0 aromatic rings. The fourth-order valence-corrected chi connectivity index (χ4v) is 1.65. The Labute approximate surface area is 126 Å². The maximum atomic E-state index is 5.84. The summed E-state index contributed by atoms with van der Waals surface area (Å²) in [5.74, 6) is 0. The monoisotopic (exact) mass is 273 g/mol. The van der Waals surface area contributed by atoms with Crippen molar-refractivity contribution in [3.63, 3.8) is 0 Å². The van der Waals surface area contributed by atoms with Crippen molar-refractivity contribution >= 4 is 14.0 Å². The number of rotatable bonds is 6. The highest BCUT2D eigenvalue weighted by atomic mass is 14.7. The molecule has 0 saturated heterocycles. The minimum Gasteiger partial charge on any atom is -0.397 e. The van der Waals surface area contributed by atoms with Gasteiger partial charge < -0.3 is 5.73 Å². The van der Waals surface area contributed by atoms with Gasteiger partial charge in [0.25, 0.3) is 0 Å². The molecule has 20 heavy (non-hydrogen) atoms. The molecule has 0 heterocycles. The van der Waals surface area contributed by atoms with Crippen LogP contribution in [-0.2, 0) is 0 Å². The average molecular weight is 273 g/mol. The molecule has 0 rings (SSSR count). The highest BCUT2D eigenvalue weighted by Crippen LogP contribution is 2.41. The summed E-state index contributed by atoms with van der Waals surface area (Å²) in [6.07, 6.45) is 6.66. The van der Waals surface area contributed by atoms with Gasteiger partial charge in [-0.1, -0.05) is 58.1 Å². The van der Waals surface area contributed by atoms with Crippen LogP contribution in [0.15, 0.2) is 40.1 Å². The zero-order chi connectivity index (χ0) is 16.0. The van der Waals surface area contributed by atoms with E-state index in [4.69, 9.17) is 5.73 Å². The fraction of sp³-hybridized carbons (Fsp3) is 0.588. The summed E-state index contributed by atoms with van der Waals surface area (Å²) >= 11 is 0. The van der Waals surface area contributed by atoms with Crippen LogP contribution in [0.3, 0.4) is 0 Å². The first-order chi connectivity index (χ1) is 9.05. The van der Waals surface area contributed by atoms with Crippen LogP contribution in [0.2, 0.25) is 6.32 Å². The molecule has 0 fully saturated rings. The lowest BCUT2D eigenvalue weighted by molar-refractivity contribution is 0.156. The smallest absolute Gasteiger partial charge is 0.152 e. The zero-order valence-corrected chi connectivity index (χ0v) is 14.2. The van der Waals surface area contributed by atoms with Crippen molar-refractivity contribution in [1.82, 2.24) is 0 Å². The van der Waals surface area contributed by atoms with Crippen molar-refractivity contribution in [1.29, 1.82) is 0 Å². The molecule has 0 aliphatic carbocycles. The number of allylic oxidation sites excluding steroid dienone is 4. The van der Waals surface area contributed by atoms with Gasteiger partial charge in [0.2, 0.25) is 0 Å². The van der Waals surface area contributed by atoms with Gasteiger partial charge in [-0.3, -0.25) is 4.99 Å². The van der Waals surface area contributed by atoms with Crippen LogP contribution in [0.1, 0.15) is 48.5 Å². The van der Waals surface area contributed by atoms with Crippen LogP contribution in [0, 0.1) is 10.8 Å². The van der Waals surface area contributed by atoms with Crippen LogP contribution in [0.25, 0.3) is 0 Å². The molecule has 0 aliphatic heterocycles. The van der Waals surface area contributed by atoms with Crippen molar-refractivity contribution in [2.45, 2.75) is 54.8 Å². The Morgan fingerprint density at radius 3 is 2.20 bits per heavy atom. The predicted octanol–water partition coefficient (Wildman–Crippen LogP) is 4.53. The third kappa shape index (κ3) is 5.81. The third-order valence-corrected chi connectivity index (χ3v) is 4.25. The molecule has 1 radical (unpaired) electrons. The van der Waals surface area contributed by atoms with Crippen molar-refractivity contribution < 1.29 is 0 Å². The summed E-state index contributed by atoms with van der Waals surface area (Å²) < 4.78 is 0. The van der Waals surface area contributed by atoms with Gasteiger partial charge in [0.15, 0.2) is 7.28 Å². The van der Waals surface area contributed by atoms with Crippen molar-refractivity contribution in [3.8, 4) is 0 Å². The first kappa shape index (κ1) is 18.8. The van der Waals surface area contributed by atoms with Gasteiger partial charge in [0.05, 0.1) is 5.70 Å². The van der Waals surface area contributed by atoms with Gasteiger partial charge >= 0.3 is 0 Å². The van der Waals surface area contributed by atoms with Crippen LogP contribution in [0.4, 0.5) is 0 Å².